The number of nitrogens with zero attached hydrogens (tertiary/aromatic N) is 2. The van der Waals surface area contributed by atoms with Gasteiger partial charge in [-0.25, -0.2) is 4.79 Å². The minimum Gasteiger partial charge on any atom is -0.354 e. The summed E-state index contributed by atoms with van der Waals surface area (Å²) in [5, 5.41) is 5.82. The Bertz CT molecular complexity index is 1490. The van der Waals surface area contributed by atoms with Crippen LogP contribution in [-0.4, -0.2) is 27.5 Å². The molecule has 3 aromatic carbocycles. The highest BCUT2D eigenvalue weighted by Gasteiger charge is 2.17. The van der Waals surface area contributed by atoms with Crippen molar-refractivity contribution in [3.63, 3.8) is 0 Å². The van der Waals surface area contributed by atoms with Crippen molar-refractivity contribution in [2.24, 2.45) is 0 Å². The van der Waals surface area contributed by atoms with E-state index in [2.05, 4.69) is 10.6 Å². The molecular formula is C27H26N4O4. The van der Waals surface area contributed by atoms with Gasteiger partial charge in [-0.3, -0.25) is 23.5 Å². The standard InChI is InChI=1S/C27H26N4O4/c1-19-9-5-7-13-22(19)29-25(33)18-30-23-14-8-6-12-21(23)26(34)31(27(30)35)17-24(32)28-16-15-20-10-3-2-4-11-20/h2-14H,15-18H2,1H3,(H,28,32)(H,29,33). The Hall–Kier alpha value is -4.46. The van der Waals surface area contributed by atoms with Crippen molar-refractivity contribution in [3.05, 3.63) is 111 Å². The minimum atomic E-state index is -0.716. The maximum Gasteiger partial charge on any atom is 0.332 e. The second kappa shape index (κ2) is 10.6. The lowest BCUT2D eigenvalue weighted by atomic mass is 10.1. The van der Waals surface area contributed by atoms with Crippen LogP contribution in [0.25, 0.3) is 10.9 Å². The van der Waals surface area contributed by atoms with Crippen LogP contribution in [-0.2, 0) is 29.1 Å². The Kier molecular flexibility index (Phi) is 7.21. The normalized spacial score (nSPS) is 10.8. The van der Waals surface area contributed by atoms with E-state index < -0.39 is 29.6 Å². The van der Waals surface area contributed by atoms with E-state index in [-0.39, 0.29) is 11.9 Å². The highest BCUT2D eigenvalue weighted by Crippen LogP contribution is 2.13. The molecule has 35 heavy (non-hydrogen) atoms. The summed E-state index contributed by atoms with van der Waals surface area (Å²) in [6, 6.07) is 23.6. The van der Waals surface area contributed by atoms with Crippen LogP contribution in [0.1, 0.15) is 11.1 Å². The van der Waals surface area contributed by atoms with Gasteiger partial charge in [0.05, 0.1) is 10.9 Å². The number of carbonyl (C=O) groups excluding carboxylic acids is 2. The van der Waals surface area contributed by atoms with Gasteiger partial charge in [-0.1, -0.05) is 60.7 Å². The van der Waals surface area contributed by atoms with E-state index in [0.29, 0.717) is 24.2 Å². The molecule has 0 aliphatic heterocycles. The molecule has 2 N–H and O–H groups in total. The van der Waals surface area contributed by atoms with Crippen molar-refractivity contribution in [2.75, 3.05) is 11.9 Å². The molecule has 0 unspecified atom stereocenters. The first-order valence-electron chi connectivity index (χ1n) is 11.3. The lowest BCUT2D eigenvalue weighted by Gasteiger charge is -2.15. The van der Waals surface area contributed by atoms with Gasteiger partial charge < -0.3 is 10.6 Å². The number of benzene rings is 3. The van der Waals surface area contributed by atoms with Gasteiger partial charge >= 0.3 is 5.69 Å². The Balaban J connectivity index is 1.57. The van der Waals surface area contributed by atoms with Gasteiger partial charge in [0.15, 0.2) is 0 Å². The summed E-state index contributed by atoms with van der Waals surface area (Å²) in [7, 11) is 0. The Labute approximate surface area is 201 Å². The number of hydrogen-bond donors (Lipinski definition) is 2. The van der Waals surface area contributed by atoms with Crippen LogP contribution in [0.4, 0.5) is 5.69 Å². The summed E-state index contributed by atoms with van der Waals surface area (Å²) < 4.78 is 2.10. The minimum absolute atomic E-state index is 0.257. The zero-order valence-electron chi connectivity index (χ0n) is 19.4. The van der Waals surface area contributed by atoms with Crippen molar-refractivity contribution < 1.29 is 9.59 Å². The fraction of sp³-hybridized carbons (Fsp3) is 0.185. The molecule has 0 aliphatic carbocycles. The number of amides is 2. The average Bonchev–Trinajstić information content (AvgIpc) is 2.86. The van der Waals surface area contributed by atoms with Crippen molar-refractivity contribution in [1.82, 2.24) is 14.5 Å². The SMILES string of the molecule is Cc1ccccc1NC(=O)Cn1c(=O)n(CC(=O)NCCc2ccccc2)c(=O)c2ccccc21. The van der Waals surface area contributed by atoms with Crippen LogP contribution < -0.4 is 21.9 Å². The van der Waals surface area contributed by atoms with E-state index in [4.69, 9.17) is 0 Å². The topological polar surface area (TPSA) is 102 Å². The third-order valence-corrected chi connectivity index (χ3v) is 5.73. The van der Waals surface area contributed by atoms with Crippen LogP contribution >= 0.6 is 0 Å². The van der Waals surface area contributed by atoms with Gasteiger partial charge in [-0.15, -0.1) is 0 Å². The molecule has 0 radical (unpaired) electrons. The molecule has 0 atom stereocenters. The number of hydrogen-bond acceptors (Lipinski definition) is 4. The number of nitrogens with one attached hydrogen (secondary N) is 2. The van der Waals surface area contributed by atoms with Crippen LogP contribution in [0.2, 0.25) is 0 Å². The number of aryl methyl sites for hydroxylation is 1. The number of para-hydroxylation sites is 2. The Morgan fingerprint density at radius 2 is 1.43 bits per heavy atom. The Morgan fingerprint density at radius 1 is 0.771 bits per heavy atom. The summed E-state index contributed by atoms with van der Waals surface area (Å²) in [4.78, 5) is 51.6. The summed E-state index contributed by atoms with van der Waals surface area (Å²) in [6.07, 6.45) is 0.627. The molecule has 0 spiro atoms. The molecule has 8 heteroatoms. The maximum atomic E-state index is 13.3. The number of carbonyl (C=O) groups is 2. The molecule has 1 heterocycles. The molecule has 0 aliphatic rings. The molecule has 8 nitrogen and oxygen atoms in total. The third kappa shape index (κ3) is 5.55. The van der Waals surface area contributed by atoms with Crippen LogP contribution in [0.5, 0.6) is 0 Å². The molecule has 4 rings (SSSR count). The monoisotopic (exact) mass is 470 g/mol. The van der Waals surface area contributed by atoms with E-state index >= 15 is 0 Å². The van der Waals surface area contributed by atoms with Gasteiger partial charge in [-0.2, -0.15) is 0 Å². The lowest BCUT2D eigenvalue weighted by Crippen LogP contribution is -2.45. The van der Waals surface area contributed by atoms with Crippen LogP contribution in [0, 0.1) is 6.92 Å². The highest BCUT2D eigenvalue weighted by atomic mass is 16.2. The van der Waals surface area contributed by atoms with E-state index in [0.717, 1.165) is 15.7 Å². The van der Waals surface area contributed by atoms with Gasteiger partial charge in [0.25, 0.3) is 5.56 Å². The van der Waals surface area contributed by atoms with Crippen molar-refractivity contribution in [3.8, 4) is 0 Å². The molecule has 1 aromatic heterocycles. The van der Waals surface area contributed by atoms with E-state index in [1.807, 2.05) is 49.4 Å². The summed E-state index contributed by atoms with van der Waals surface area (Å²) in [5.74, 6) is -0.865. The molecule has 0 saturated carbocycles. The Morgan fingerprint density at radius 3 is 2.20 bits per heavy atom. The van der Waals surface area contributed by atoms with Crippen molar-refractivity contribution in [2.45, 2.75) is 26.4 Å². The first-order valence-corrected chi connectivity index (χ1v) is 11.3. The van der Waals surface area contributed by atoms with Gasteiger partial charge in [-0.05, 0) is 42.7 Å². The predicted octanol–water partition coefficient (Wildman–Crippen LogP) is 2.47. The quantitative estimate of drug-likeness (QED) is 0.413. The first kappa shape index (κ1) is 23.7. The van der Waals surface area contributed by atoms with Crippen LogP contribution in [0.3, 0.4) is 0 Å². The maximum absolute atomic E-state index is 13.3. The zero-order chi connectivity index (χ0) is 24.8. The summed E-state index contributed by atoms with van der Waals surface area (Å²) >= 11 is 0. The van der Waals surface area contributed by atoms with Gasteiger partial charge in [0, 0.05) is 12.2 Å². The smallest absolute Gasteiger partial charge is 0.332 e. The largest absolute Gasteiger partial charge is 0.354 e. The highest BCUT2D eigenvalue weighted by molar-refractivity contribution is 5.92. The lowest BCUT2D eigenvalue weighted by molar-refractivity contribution is -0.121. The molecule has 178 valence electrons. The molecular weight excluding hydrogens is 444 g/mol. The van der Waals surface area contributed by atoms with Crippen LogP contribution in [0.15, 0.2) is 88.5 Å². The fourth-order valence-electron chi connectivity index (χ4n) is 3.90. The summed E-state index contributed by atoms with van der Waals surface area (Å²) in [5.41, 5.74) is 1.64. The van der Waals surface area contributed by atoms with Crippen molar-refractivity contribution in [1.29, 1.82) is 0 Å². The predicted molar refractivity (Wildman–Crippen MR) is 135 cm³/mol. The molecule has 0 fully saturated rings. The molecule has 4 aromatic rings. The second-order valence-corrected chi connectivity index (χ2v) is 8.23. The third-order valence-electron chi connectivity index (χ3n) is 5.73. The van der Waals surface area contributed by atoms with E-state index in [9.17, 15) is 19.2 Å². The van der Waals surface area contributed by atoms with Gasteiger partial charge in [0.2, 0.25) is 11.8 Å². The number of aromatic nitrogens is 2. The van der Waals surface area contributed by atoms with E-state index in [1.165, 1.54) is 4.57 Å². The molecule has 0 saturated heterocycles. The van der Waals surface area contributed by atoms with Crippen molar-refractivity contribution >= 4 is 28.4 Å². The first-order chi connectivity index (χ1) is 16.9. The fourth-order valence-corrected chi connectivity index (χ4v) is 3.90. The average molecular weight is 471 g/mol. The van der Waals surface area contributed by atoms with E-state index in [1.54, 1.807) is 36.4 Å². The van der Waals surface area contributed by atoms with Gasteiger partial charge in [0.1, 0.15) is 13.1 Å². The number of anilines is 1. The summed E-state index contributed by atoms with van der Waals surface area (Å²) in [6.45, 7) is 1.51. The molecule has 2 amide bonds. The number of rotatable bonds is 8. The second-order valence-electron chi connectivity index (χ2n) is 8.23. The number of fused-ring (bicyclic) bond motifs is 1. The molecule has 0 bridgehead atoms. The zero-order valence-corrected chi connectivity index (χ0v) is 19.4.